The van der Waals surface area contributed by atoms with E-state index in [1.165, 1.54) is 5.56 Å². The molecule has 0 bridgehead atoms. The van der Waals surface area contributed by atoms with Crippen molar-refractivity contribution in [1.82, 2.24) is 0 Å². The van der Waals surface area contributed by atoms with Crippen molar-refractivity contribution >= 4 is 40.7 Å². The molecule has 142 valence electrons. The van der Waals surface area contributed by atoms with Gasteiger partial charge in [0.15, 0.2) is 0 Å². The largest absolute Gasteiger partial charge is 0.402 e. The molecule has 26 heavy (non-hydrogen) atoms. The van der Waals surface area contributed by atoms with Crippen LogP contribution in [-0.2, 0) is 0 Å². The van der Waals surface area contributed by atoms with Crippen molar-refractivity contribution in [1.29, 1.82) is 0 Å². The molecule has 0 aliphatic heterocycles. The van der Waals surface area contributed by atoms with E-state index in [-0.39, 0.29) is 5.41 Å². The SMILES string of the molecule is C=C(Nc1cccc(C)c1)S/C(=C(\C)N)C(C)(C)C/C(Cl)=C\C=C/CCl. The highest BCUT2D eigenvalue weighted by atomic mass is 35.5. The molecule has 1 rings (SSSR count). The molecule has 2 nitrogen and oxygen atoms in total. The molecule has 1 aromatic carbocycles. The van der Waals surface area contributed by atoms with Crippen LogP contribution in [0, 0.1) is 12.3 Å². The minimum atomic E-state index is -0.219. The maximum atomic E-state index is 6.39. The fraction of sp³-hybridized carbons (Fsp3) is 0.333. The fourth-order valence-electron chi connectivity index (χ4n) is 2.57. The van der Waals surface area contributed by atoms with Crippen LogP contribution in [0.5, 0.6) is 0 Å². The molecule has 0 amide bonds. The number of rotatable bonds is 9. The Hall–Kier alpha value is -1.29. The molecule has 0 radical (unpaired) electrons. The molecule has 0 aliphatic rings. The third-order valence-electron chi connectivity index (χ3n) is 3.61. The summed E-state index contributed by atoms with van der Waals surface area (Å²) in [5.41, 5.74) is 8.94. The van der Waals surface area contributed by atoms with Gasteiger partial charge in [-0.2, -0.15) is 0 Å². The lowest BCUT2D eigenvalue weighted by Gasteiger charge is -2.29. The molecule has 0 heterocycles. The van der Waals surface area contributed by atoms with Crippen LogP contribution in [0.4, 0.5) is 5.69 Å². The molecule has 3 N–H and O–H groups in total. The summed E-state index contributed by atoms with van der Waals surface area (Å²) in [4.78, 5) is 1.05. The normalized spacial score (nSPS) is 13.7. The van der Waals surface area contributed by atoms with Crippen LogP contribution < -0.4 is 11.1 Å². The van der Waals surface area contributed by atoms with E-state index in [1.54, 1.807) is 11.8 Å². The van der Waals surface area contributed by atoms with Crippen molar-refractivity contribution in [3.05, 3.63) is 75.3 Å². The van der Waals surface area contributed by atoms with Crippen molar-refractivity contribution in [2.45, 2.75) is 34.1 Å². The van der Waals surface area contributed by atoms with Crippen LogP contribution in [0.2, 0.25) is 0 Å². The average Bonchev–Trinajstić information content (AvgIpc) is 2.52. The lowest BCUT2D eigenvalue weighted by molar-refractivity contribution is 0.470. The zero-order valence-corrected chi connectivity index (χ0v) is 18.2. The predicted octanol–water partition coefficient (Wildman–Crippen LogP) is 7.14. The molecule has 0 aliphatic carbocycles. The minimum Gasteiger partial charge on any atom is -0.402 e. The number of thioether (sulfide) groups is 1. The van der Waals surface area contributed by atoms with Crippen LogP contribution in [0.3, 0.4) is 0 Å². The van der Waals surface area contributed by atoms with Gasteiger partial charge in [-0.3, -0.25) is 0 Å². The number of anilines is 1. The highest BCUT2D eigenvalue weighted by molar-refractivity contribution is 8.06. The van der Waals surface area contributed by atoms with Crippen LogP contribution in [0.1, 0.15) is 32.8 Å². The van der Waals surface area contributed by atoms with Crippen LogP contribution in [0.25, 0.3) is 0 Å². The quantitative estimate of drug-likeness (QED) is 0.335. The molecule has 0 aromatic heterocycles. The van der Waals surface area contributed by atoms with Crippen molar-refractivity contribution in [3.63, 3.8) is 0 Å². The van der Waals surface area contributed by atoms with E-state index >= 15 is 0 Å². The van der Waals surface area contributed by atoms with Gasteiger partial charge in [-0.05, 0) is 44.0 Å². The van der Waals surface area contributed by atoms with Crippen LogP contribution >= 0.6 is 35.0 Å². The summed E-state index contributed by atoms with van der Waals surface area (Å²) in [5.74, 6) is 0.470. The number of benzene rings is 1. The lowest BCUT2D eigenvalue weighted by atomic mass is 9.87. The molecular weight excluding hydrogens is 383 g/mol. The van der Waals surface area contributed by atoms with Crippen molar-refractivity contribution in [2.75, 3.05) is 11.2 Å². The van der Waals surface area contributed by atoms with Gasteiger partial charge in [0.1, 0.15) is 0 Å². The van der Waals surface area contributed by atoms with Gasteiger partial charge in [0.2, 0.25) is 0 Å². The summed E-state index contributed by atoms with van der Waals surface area (Å²) >= 11 is 13.6. The Balaban J connectivity index is 2.87. The minimum absolute atomic E-state index is 0.219. The van der Waals surface area contributed by atoms with Gasteiger partial charge in [-0.15, -0.1) is 11.6 Å². The summed E-state index contributed by atoms with van der Waals surface area (Å²) in [6.45, 7) is 12.4. The number of hydrogen-bond donors (Lipinski definition) is 2. The van der Waals surface area contributed by atoms with Crippen molar-refractivity contribution in [2.24, 2.45) is 11.1 Å². The Morgan fingerprint density at radius 3 is 2.65 bits per heavy atom. The summed E-state index contributed by atoms with van der Waals surface area (Å²) in [6.07, 6.45) is 6.27. The molecule has 0 fully saturated rings. The van der Waals surface area contributed by atoms with Crippen LogP contribution in [0.15, 0.2) is 69.7 Å². The maximum absolute atomic E-state index is 6.39. The molecule has 1 aromatic rings. The highest BCUT2D eigenvalue weighted by Crippen LogP contribution is 2.44. The third-order valence-corrected chi connectivity index (χ3v) is 5.48. The Bertz CT molecular complexity index is 714. The molecule has 0 atom stereocenters. The molecule has 0 saturated carbocycles. The zero-order chi connectivity index (χ0) is 19.7. The Kier molecular flexibility index (Phi) is 9.42. The van der Waals surface area contributed by atoms with E-state index in [0.717, 1.165) is 26.4 Å². The van der Waals surface area contributed by atoms with E-state index in [4.69, 9.17) is 28.9 Å². The van der Waals surface area contributed by atoms with E-state index in [9.17, 15) is 0 Å². The second-order valence-corrected chi connectivity index (χ2v) is 8.69. The van der Waals surface area contributed by atoms with Gasteiger partial charge < -0.3 is 11.1 Å². The standard InChI is InChI=1S/C21H28Cl2N2S/c1-15-9-8-11-19(13-15)25-17(3)26-20(16(2)24)21(4,5)14-18(23)10-6-7-12-22/h6-11,13,25H,3,12,14,24H2,1-2,4-5H3/b7-6-,18-10+,20-16+. The number of hydrogen-bond acceptors (Lipinski definition) is 3. The van der Waals surface area contributed by atoms with E-state index in [2.05, 4.69) is 44.8 Å². The molecular formula is C21H28Cl2N2S. The number of nitrogens with two attached hydrogens (primary N) is 1. The fourth-order valence-corrected chi connectivity index (χ4v) is 4.00. The average molecular weight is 411 g/mol. The monoisotopic (exact) mass is 410 g/mol. The summed E-state index contributed by atoms with van der Waals surface area (Å²) in [6, 6.07) is 8.18. The Morgan fingerprint density at radius 2 is 2.08 bits per heavy atom. The smallest absolute Gasteiger partial charge is 0.0698 e. The second kappa shape index (κ2) is 10.8. The Labute approximate surface area is 172 Å². The number of aryl methyl sites for hydroxylation is 1. The molecule has 0 spiro atoms. The Morgan fingerprint density at radius 1 is 1.38 bits per heavy atom. The van der Waals surface area contributed by atoms with E-state index < -0.39 is 0 Å². The van der Waals surface area contributed by atoms with Crippen molar-refractivity contribution in [3.8, 4) is 0 Å². The first kappa shape index (κ1) is 22.8. The van der Waals surface area contributed by atoms with Gasteiger partial charge in [-0.25, -0.2) is 0 Å². The molecule has 0 unspecified atom stereocenters. The topological polar surface area (TPSA) is 38.0 Å². The van der Waals surface area contributed by atoms with Crippen LogP contribution in [-0.4, -0.2) is 5.88 Å². The first-order valence-electron chi connectivity index (χ1n) is 8.40. The van der Waals surface area contributed by atoms with Gasteiger partial charge in [-0.1, -0.05) is 68.1 Å². The maximum Gasteiger partial charge on any atom is 0.0698 e. The molecule has 0 saturated heterocycles. The molecule has 5 heteroatoms. The summed E-state index contributed by atoms with van der Waals surface area (Å²) in [7, 11) is 0. The van der Waals surface area contributed by atoms with Gasteiger partial charge >= 0.3 is 0 Å². The first-order chi connectivity index (χ1) is 12.2. The number of allylic oxidation sites excluding steroid dienone is 6. The van der Waals surface area contributed by atoms with E-state index in [0.29, 0.717) is 12.3 Å². The third kappa shape index (κ3) is 7.94. The van der Waals surface area contributed by atoms with Crippen molar-refractivity contribution < 1.29 is 0 Å². The van der Waals surface area contributed by atoms with Gasteiger partial charge in [0.05, 0.1) is 5.03 Å². The second-order valence-electron chi connectivity index (χ2n) is 6.79. The number of alkyl halides is 1. The van der Waals surface area contributed by atoms with E-state index in [1.807, 2.05) is 37.3 Å². The predicted molar refractivity (Wildman–Crippen MR) is 121 cm³/mol. The highest BCUT2D eigenvalue weighted by Gasteiger charge is 2.27. The summed E-state index contributed by atoms with van der Waals surface area (Å²) < 4.78 is 0. The van der Waals surface area contributed by atoms with Gasteiger partial charge in [0.25, 0.3) is 0 Å². The lowest BCUT2D eigenvalue weighted by Crippen LogP contribution is -2.17. The zero-order valence-electron chi connectivity index (χ0n) is 15.9. The number of nitrogens with one attached hydrogen (secondary N) is 1. The summed E-state index contributed by atoms with van der Waals surface area (Å²) in [5, 5.41) is 4.92. The number of halogens is 2. The first-order valence-corrected chi connectivity index (χ1v) is 10.1. The van der Waals surface area contributed by atoms with Gasteiger partial charge in [0, 0.05) is 32.6 Å².